The Balaban J connectivity index is 5.19. The van der Waals surface area contributed by atoms with Gasteiger partial charge >= 0.3 is 39.5 Å². The van der Waals surface area contributed by atoms with E-state index in [0.29, 0.717) is 25.7 Å². The van der Waals surface area contributed by atoms with Crippen LogP contribution in [0.3, 0.4) is 0 Å². The molecule has 0 fully saturated rings. The largest absolute Gasteiger partial charge is 0.472 e. The van der Waals surface area contributed by atoms with E-state index in [9.17, 15) is 43.2 Å². The lowest BCUT2D eigenvalue weighted by atomic mass is 9.99. The zero-order chi connectivity index (χ0) is 69.1. The molecule has 0 aliphatic heterocycles. The number of carbonyl (C=O) groups excluding carboxylic acids is 4. The summed E-state index contributed by atoms with van der Waals surface area (Å²) >= 11 is 0. The Morgan fingerprint density at radius 2 is 0.511 bits per heavy atom. The highest BCUT2D eigenvalue weighted by Gasteiger charge is 2.30. The molecular formula is C75H146O17P2. The Bertz CT molecular complexity index is 1810. The quantitative estimate of drug-likeness (QED) is 0.0222. The fourth-order valence-corrected chi connectivity index (χ4v) is 13.1. The molecule has 0 aromatic rings. The van der Waals surface area contributed by atoms with E-state index in [2.05, 4.69) is 34.6 Å². The fourth-order valence-electron chi connectivity index (χ4n) is 11.5. The van der Waals surface area contributed by atoms with Crippen LogP contribution < -0.4 is 0 Å². The fraction of sp³-hybridized carbons (Fsp3) is 0.947. The van der Waals surface area contributed by atoms with Gasteiger partial charge in [0.25, 0.3) is 0 Å². The molecule has 94 heavy (non-hydrogen) atoms. The summed E-state index contributed by atoms with van der Waals surface area (Å²) in [7, 11) is -9.90. The molecule has 0 aromatic carbocycles. The summed E-state index contributed by atoms with van der Waals surface area (Å²) in [6.07, 6.45) is 56.9. The first-order valence-electron chi connectivity index (χ1n) is 39.2. The van der Waals surface area contributed by atoms with Crippen molar-refractivity contribution in [2.75, 3.05) is 39.6 Å². The molecular weight excluding hydrogens is 1230 g/mol. The Morgan fingerprint density at radius 1 is 0.298 bits per heavy atom. The number of carbonyl (C=O) groups is 4. The lowest BCUT2D eigenvalue weighted by Crippen LogP contribution is -2.30. The number of aliphatic hydroxyl groups excluding tert-OH is 1. The second-order valence-corrected chi connectivity index (χ2v) is 30.2. The average Bonchev–Trinajstić information content (AvgIpc) is 1.95. The first-order chi connectivity index (χ1) is 45.6. The molecule has 0 amide bonds. The SMILES string of the molecule is CCCCCCCCCCCCCCCCCCCCCCC(=O)O[C@H](COC(=O)CCCCCCCCCCCCC(C)CC)COP(=O)(O)OC[C@@H](O)COP(=O)(O)OC[C@@H](COC(=O)CCCCCCCCCC)OC(=O)CCCCCCCCCCCCCC. The van der Waals surface area contributed by atoms with E-state index < -0.39 is 97.5 Å². The van der Waals surface area contributed by atoms with Gasteiger partial charge < -0.3 is 33.8 Å². The van der Waals surface area contributed by atoms with E-state index >= 15 is 0 Å². The van der Waals surface area contributed by atoms with Gasteiger partial charge in [0.1, 0.15) is 19.3 Å². The van der Waals surface area contributed by atoms with Gasteiger partial charge in [-0.1, -0.05) is 343 Å². The zero-order valence-corrected chi connectivity index (χ0v) is 62.9. The number of hydrogen-bond acceptors (Lipinski definition) is 15. The van der Waals surface area contributed by atoms with Crippen LogP contribution in [-0.2, 0) is 65.4 Å². The van der Waals surface area contributed by atoms with Gasteiger partial charge in [-0.05, 0) is 31.6 Å². The van der Waals surface area contributed by atoms with Crippen molar-refractivity contribution in [3.8, 4) is 0 Å². The minimum Gasteiger partial charge on any atom is -0.462 e. The van der Waals surface area contributed by atoms with Gasteiger partial charge in [0.2, 0.25) is 0 Å². The van der Waals surface area contributed by atoms with Crippen LogP contribution in [0, 0.1) is 5.92 Å². The highest BCUT2D eigenvalue weighted by atomic mass is 31.2. The van der Waals surface area contributed by atoms with E-state index in [1.54, 1.807) is 0 Å². The molecule has 0 spiro atoms. The number of aliphatic hydroxyl groups is 1. The molecule has 0 aromatic heterocycles. The van der Waals surface area contributed by atoms with Gasteiger partial charge in [-0.15, -0.1) is 0 Å². The van der Waals surface area contributed by atoms with Crippen molar-refractivity contribution >= 4 is 39.5 Å². The molecule has 0 radical (unpaired) electrons. The maximum Gasteiger partial charge on any atom is 0.472 e. The van der Waals surface area contributed by atoms with Crippen molar-refractivity contribution in [2.45, 2.75) is 412 Å². The Kier molecular flexibility index (Phi) is 66.8. The van der Waals surface area contributed by atoms with Crippen molar-refractivity contribution in [1.82, 2.24) is 0 Å². The van der Waals surface area contributed by atoms with Crippen molar-refractivity contribution in [2.24, 2.45) is 5.92 Å². The number of rotatable bonds is 75. The van der Waals surface area contributed by atoms with E-state index in [1.807, 2.05) is 0 Å². The van der Waals surface area contributed by atoms with Gasteiger partial charge in [-0.25, -0.2) is 9.13 Å². The third kappa shape index (κ3) is 67.3. The van der Waals surface area contributed by atoms with Crippen LogP contribution in [-0.4, -0.2) is 96.7 Å². The molecule has 19 heteroatoms. The number of phosphoric ester groups is 2. The highest BCUT2D eigenvalue weighted by Crippen LogP contribution is 2.45. The summed E-state index contributed by atoms with van der Waals surface area (Å²) in [5, 5.41) is 10.6. The molecule has 3 N–H and O–H groups in total. The minimum atomic E-state index is -4.96. The van der Waals surface area contributed by atoms with E-state index in [0.717, 1.165) is 102 Å². The molecule has 6 atom stereocenters. The van der Waals surface area contributed by atoms with Crippen LogP contribution in [0.2, 0.25) is 0 Å². The molecule has 0 aliphatic rings. The maximum atomic E-state index is 13.1. The van der Waals surface area contributed by atoms with Crippen molar-refractivity contribution < 1.29 is 80.2 Å². The standard InChI is InChI=1S/C75H146O17P2/c1-6-10-13-16-19-22-24-26-27-28-29-30-31-32-33-35-41-46-51-56-61-75(80)92-71(65-86-73(78)59-54-49-44-39-37-36-38-42-47-52-57-68(5)9-4)67-90-94(83,84)88-63-69(76)62-87-93(81,82)89-66-70(64-85-72(77)58-53-48-43-21-18-15-12-8-3)91-74(79)60-55-50-45-40-34-25-23-20-17-14-11-7-2/h68-71,76H,6-67H2,1-5H3,(H,81,82)(H,83,84)/t68?,69-,70+,71+/m0/s1. The first-order valence-corrected chi connectivity index (χ1v) is 42.2. The normalized spacial score (nSPS) is 14.3. The summed E-state index contributed by atoms with van der Waals surface area (Å²) in [6, 6.07) is 0. The van der Waals surface area contributed by atoms with Crippen LogP contribution in [0.15, 0.2) is 0 Å². The monoisotopic (exact) mass is 1380 g/mol. The van der Waals surface area contributed by atoms with E-state index in [4.69, 9.17) is 37.0 Å². The van der Waals surface area contributed by atoms with E-state index in [1.165, 1.54) is 212 Å². The molecule has 0 saturated heterocycles. The molecule has 0 aliphatic carbocycles. The molecule has 3 unspecified atom stereocenters. The third-order valence-electron chi connectivity index (χ3n) is 17.9. The summed E-state index contributed by atoms with van der Waals surface area (Å²) in [5.74, 6) is -1.31. The van der Waals surface area contributed by atoms with Gasteiger partial charge in [0.05, 0.1) is 26.4 Å². The smallest absolute Gasteiger partial charge is 0.462 e. The minimum absolute atomic E-state index is 0.107. The van der Waals surface area contributed by atoms with Gasteiger partial charge in [0.15, 0.2) is 12.2 Å². The Hall–Kier alpha value is -1.94. The van der Waals surface area contributed by atoms with Crippen LogP contribution in [0.5, 0.6) is 0 Å². The Morgan fingerprint density at radius 3 is 0.755 bits per heavy atom. The van der Waals surface area contributed by atoms with Crippen molar-refractivity contribution in [1.29, 1.82) is 0 Å². The molecule has 0 bridgehead atoms. The van der Waals surface area contributed by atoms with E-state index in [-0.39, 0.29) is 25.7 Å². The highest BCUT2D eigenvalue weighted by molar-refractivity contribution is 7.47. The van der Waals surface area contributed by atoms with Crippen LogP contribution in [0.25, 0.3) is 0 Å². The number of esters is 4. The summed E-state index contributed by atoms with van der Waals surface area (Å²) < 4.78 is 68.4. The average molecular weight is 1380 g/mol. The van der Waals surface area contributed by atoms with Gasteiger partial charge in [0, 0.05) is 25.7 Å². The first kappa shape index (κ1) is 92.1. The summed E-state index contributed by atoms with van der Waals surface area (Å²) in [4.78, 5) is 72.7. The lowest BCUT2D eigenvalue weighted by Gasteiger charge is -2.21. The Labute approximate surface area is 575 Å². The maximum absolute atomic E-state index is 13.1. The zero-order valence-electron chi connectivity index (χ0n) is 61.1. The molecule has 0 saturated carbocycles. The third-order valence-corrected chi connectivity index (χ3v) is 19.8. The number of hydrogen-bond donors (Lipinski definition) is 3. The number of phosphoric acid groups is 2. The summed E-state index contributed by atoms with van der Waals surface area (Å²) in [6.45, 7) is 7.29. The molecule has 17 nitrogen and oxygen atoms in total. The van der Waals surface area contributed by atoms with Crippen LogP contribution in [0.1, 0.15) is 394 Å². The second kappa shape index (κ2) is 68.2. The molecule has 0 heterocycles. The molecule has 558 valence electrons. The van der Waals surface area contributed by atoms with Crippen LogP contribution >= 0.6 is 15.6 Å². The van der Waals surface area contributed by atoms with Crippen molar-refractivity contribution in [3.05, 3.63) is 0 Å². The van der Waals surface area contributed by atoms with Gasteiger partial charge in [-0.2, -0.15) is 0 Å². The van der Waals surface area contributed by atoms with Crippen molar-refractivity contribution in [3.63, 3.8) is 0 Å². The topological polar surface area (TPSA) is 237 Å². The number of ether oxygens (including phenoxy) is 4. The number of unbranched alkanes of at least 4 members (excludes halogenated alkanes) is 46. The summed E-state index contributed by atoms with van der Waals surface area (Å²) in [5.41, 5.74) is 0. The second-order valence-electron chi connectivity index (χ2n) is 27.3. The molecule has 0 rings (SSSR count). The predicted molar refractivity (Wildman–Crippen MR) is 382 cm³/mol. The van der Waals surface area contributed by atoms with Gasteiger partial charge in [-0.3, -0.25) is 37.3 Å². The lowest BCUT2D eigenvalue weighted by molar-refractivity contribution is -0.161. The predicted octanol–water partition coefficient (Wildman–Crippen LogP) is 22.1. The van der Waals surface area contributed by atoms with Crippen LogP contribution in [0.4, 0.5) is 0 Å².